The van der Waals surface area contributed by atoms with Crippen LogP contribution in [-0.4, -0.2) is 50.8 Å². The Bertz CT molecular complexity index is 755. The summed E-state index contributed by atoms with van der Waals surface area (Å²) in [4.78, 5) is 24.0. The highest BCUT2D eigenvalue weighted by Crippen LogP contribution is 2.21. The second-order valence-corrected chi connectivity index (χ2v) is 8.58. The average Bonchev–Trinajstić information content (AvgIpc) is 2.60. The third kappa shape index (κ3) is 6.62. The minimum atomic E-state index is -3.69. The Labute approximate surface area is 162 Å². The van der Waals surface area contributed by atoms with Crippen LogP contribution in [0.3, 0.4) is 0 Å². The molecule has 1 aromatic carbocycles. The predicted molar refractivity (Wildman–Crippen MR) is 104 cm³/mol. The summed E-state index contributed by atoms with van der Waals surface area (Å²) >= 11 is 0. The van der Waals surface area contributed by atoms with Crippen LogP contribution in [0, 0.1) is 12.8 Å². The van der Waals surface area contributed by atoms with Crippen LogP contribution in [0.4, 0.5) is 0 Å². The maximum absolute atomic E-state index is 12.7. The Morgan fingerprint density at radius 1 is 1.19 bits per heavy atom. The Balaban J connectivity index is 2.84. The predicted octanol–water partition coefficient (Wildman–Crippen LogP) is 2.34. The van der Waals surface area contributed by atoms with Crippen molar-refractivity contribution < 1.29 is 22.7 Å². The highest BCUT2D eigenvalue weighted by Gasteiger charge is 2.25. The van der Waals surface area contributed by atoms with E-state index in [1.807, 2.05) is 13.8 Å². The highest BCUT2D eigenvalue weighted by molar-refractivity contribution is 7.89. The number of sulfonamides is 1. The smallest absolute Gasteiger partial charge is 0.338 e. The fourth-order valence-electron chi connectivity index (χ4n) is 2.47. The fraction of sp³-hybridized carbons (Fsp3) is 0.579. The monoisotopic (exact) mass is 398 g/mol. The number of benzene rings is 1. The maximum atomic E-state index is 12.7. The molecule has 0 aliphatic rings. The third-order valence-electron chi connectivity index (χ3n) is 4.13. The molecule has 0 fully saturated rings. The van der Waals surface area contributed by atoms with Crippen LogP contribution in [0.2, 0.25) is 0 Å². The van der Waals surface area contributed by atoms with Crippen molar-refractivity contribution in [1.29, 1.82) is 0 Å². The number of carbonyl (C=O) groups excluding carboxylic acids is 2. The number of ether oxygens (including phenoxy) is 1. The molecule has 0 unspecified atom stereocenters. The third-order valence-corrected chi connectivity index (χ3v) is 6.32. The van der Waals surface area contributed by atoms with Crippen LogP contribution in [0.5, 0.6) is 0 Å². The molecule has 1 rings (SSSR count). The van der Waals surface area contributed by atoms with E-state index in [0.717, 1.165) is 6.42 Å². The lowest BCUT2D eigenvalue weighted by molar-refractivity contribution is -0.124. The van der Waals surface area contributed by atoms with Gasteiger partial charge in [0.15, 0.2) is 6.61 Å². The average molecular weight is 399 g/mol. The molecular weight excluding hydrogens is 368 g/mol. The Morgan fingerprint density at radius 3 is 2.37 bits per heavy atom. The van der Waals surface area contributed by atoms with Crippen molar-refractivity contribution >= 4 is 21.9 Å². The molecule has 1 amide bonds. The number of carbonyl (C=O) groups is 2. The summed E-state index contributed by atoms with van der Waals surface area (Å²) < 4.78 is 31.8. The topological polar surface area (TPSA) is 92.8 Å². The van der Waals surface area contributed by atoms with E-state index >= 15 is 0 Å². The lowest BCUT2D eigenvalue weighted by atomic mass is 10.1. The van der Waals surface area contributed by atoms with Crippen molar-refractivity contribution in [2.75, 3.05) is 26.2 Å². The first kappa shape index (κ1) is 23.1. The van der Waals surface area contributed by atoms with Gasteiger partial charge in [-0.05, 0) is 37.0 Å². The molecule has 0 heterocycles. The number of aryl methyl sites for hydroxylation is 1. The van der Waals surface area contributed by atoms with Gasteiger partial charge < -0.3 is 10.1 Å². The molecule has 7 nitrogen and oxygen atoms in total. The molecule has 0 aromatic heterocycles. The number of esters is 1. The lowest BCUT2D eigenvalue weighted by Gasteiger charge is -2.20. The number of nitrogens with zero attached hydrogens (tertiary/aromatic N) is 1. The molecule has 0 aliphatic carbocycles. The molecule has 27 heavy (non-hydrogen) atoms. The van der Waals surface area contributed by atoms with Gasteiger partial charge >= 0.3 is 5.97 Å². The van der Waals surface area contributed by atoms with E-state index in [0.29, 0.717) is 31.1 Å². The molecule has 0 saturated carbocycles. The summed E-state index contributed by atoms with van der Waals surface area (Å²) in [6.45, 7) is 10.1. The van der Waals surface area contributed by atoms with Crippen molar-refractivity contribution in [3.05, 3.63) is 29.3 Å². The molecule has 8 heteroatoms. The van der Waals surface area contributed by atoms with Crippen molar-refractivity contribution in [2.45, 2.75) is 45.9 Å². The van der Waals surface area contributed by atoms with Gasteiger partial charge in [-0.25, -0.2) is 13.2 Å². The normalized spacial score (nSPS) is 11.7. The number of nitrogens with one attached hydrogen (secondary N) is 1. The zero-order valence-electron chi connectivity index (χ0n) is 16.7. The summed E-state index contributed by atoms with van der Waals surface area (Å²) in [5.41, 5.74) is 0.645. The zero-order valence-corrected chi connectivity index (χ0v) is 17.6. The van der Waals surface area contributed by atoms with Crippen molar-refractivity contribution in [2.24, 2.45) is 5.92 Å². The maximum Gasteiger partial charge on any atom is 0.338 e. The van der Waals surface area contributed by atoms with E-state index in [1.165, 1.54) is 16.4 Å². The summed E-state index contributed by atoms with van der Waals surface area (Å²) in [6, 6.07) is 4.37. The summed E-state index contributed by atoms with van der Waals surface area (Å²) in [7, 11) is -3.69. The molecule has 1 aromatic rings. The van der Waals surface area contributed by atoms with E-state index in [1.54, 1.807) is 26.8 Å². The van der Waals surface area contributed by atoms with E-state index in [-0.39, 0.29) is 16.4 Å². The van der Waals surface area contributed by atoms with Crippen LogP contribution in [0.1, 0.15) is 50.0 Å². The zero-order chi connectivity index (χ0) is 20.6. The van der Waals surface area contributed by atoms with Gasteiger partial charge in [0, 0.05) is 19.6 Å². The highest BCUT2D eigenvalue weighted by atomic mass is 32.2. The molecule has 0 atom stereocenters. The summed E-state index contributed by atoms with van der Waals surface area (Å²) in [6.07, 6.45) is 0.838. The van der Waals surface area contributed by atoms with Gasteiger partial charge in [0.25, 0.3) is 5.91 Å². The van der Waals surface area contributed by atoms with Crippen LogP contribution < -0.4 is 5.32 Å². The van der Waals surface area contributed by atoms with Gasteiger partial charge in [0.1, 0.15) is 0 Å². The second kappa shape index (κ2) is 10.4. The van der Waals surface area contributed by atoms with Gasteiger partial charge in [-0.3, -0.25) is 4.79 Å². The van der Waals surface area contributed by atoms with Gasteiger partial charge in [-0.1, -0.05) is 33.8 Å². The van der Waals surface area contributed by atoms with Gasteiger partial charge in [0.2, 0.25) is 10.0 Å². The molecule has 0 bridgehead atoms. The minimum Gasteiger partial charge on any atom is -0.452 e. The van der Waals surface area contributed by atoms with E-state index < -0.39 is 22.6 Å². The first-order valence-electron chi connectivity index (χ1n) is 9.18. The van der Waals surface area contributed by atoms with Gasteiger partial charge in [0.05, 0.1) is 10.5 Å². The minimum absolute atomic E-state index is 0.0713. The van der Waals surface area contributed by atoms with Gasteiger partial charge in [-0.15, -0.1) is 0 Å². The summed E-state index contributed by atoms with van der Waals surface area (Å²) in [5.74, 6) is -0.649. The molecule has 152 valence electrons. The quantitative estimate of drug-likeness (QED) is 0.611. The number of hydrogen-bond donors (Lipinski definition) is 1. The van der Waals surface area contributed by atoms with Crippen LogP contribution in [-0.2, 0) is 19.6 Å². The molecular formula is C19H30N2O5S. The second-order valence-electron chi connectivity index (χ2n) is 6.68. The largest absolute Gasteiger partial charge is 0.452 e. The first-order valence-corrected chi connectivity index (χ1v) is 10.6. The van der Waals surface area contributed by atoms with E-state index in [2.05, 4.69) is 5.32 Å². The van der Waals surface area contributed by atoms with Crippen molar-refractivity contribution in [1.82, 2.24) is 9.62 Å². The first-order chi connectivity index (χ1) is 12.6. The standard InChI is InChI=1S/C19H30N2O5S/c1-6-21(7-2)27(24,25)17-12-16(9-8-15(17)5)19(23)26-13-18(22)20-11-10-14(3)4/h8-9,12,14H,6-7,10-11,13H2,1-5H3,(H,20,22). The molecule has 0 spiro atoms. The Kier molecular flexibility index (Phi) is 8.92. The lowest BCUT2D eigenvalue weighted by Crippen LogP contribution is -2.31. The molecule has 0 aliphatic heterocycles. The SMILES string of the molecule is CCN(CC)S(=O)(=O)c1cc(C(=O)OCC(=O)NCCC(C)C)ccc1C. The molecule has 1 N–H and O–H groups in total. The Hall–Kier alpha value is -1.93. The van der Waals surface area contributed by atoms with Crippen LogP contribution in [0.15, 0.2) is 23.1 Å². The van der Waals surface area contributed by atoms with E-state index in [4.69, 9.17) is 4.74 Å². The molecule has 0 radical (unpaired) electrons. The number of rotatable bonds is 10. The summed E-state index contributed by atoms with van der Waals surface area (Å²) in [5, 5.41) is 2.68. The van der Waals surface area contributed by atoms with Gasteiger partial charge in [-0.2, -0.15) is 4.31 Å². The fourth-order valence-corrected chi connectivity index (χ4v) is 4.18. The van der Waals surface area contributed by atoms with E-state index in [9.17, 15) is 18.0 Å². The molecule has 0 saturated heterocycles. The number of hydrogen-bond acceptors (Lipinski definition) is 5. The van der Waals surface area contributed by atoms with Crippen molar-refractivity contribution in [3.8, 4) is 0 Å². The number of amides is 1. The Morgan fingerprint density at radius 2 is 1.81 bits per heavy atom. The van der Waals surface area contributed by atoms with Crippen LogP contribution >= 0.6 is 0 Å². The van der Waals surface area contributed by atoms with Crippen LogP contribution in [0.25, 0.3) is 0 Å². The van der Waals surface area contributed by atoms with Crippen molar-refractivity contribution in [3.63, 3.8) is 0 Å².